The van der Waals surface area contributed by atoms with Gasteiger partial charge in [0, 0.05) is 17.6 Å². The summed E-state index contributed by atoms with van der Waals surface area (Å²) in [7, 11) is -2.32. The number of rotatable bonds is 6. The van der Waals surface area contributed by atoms with E-state index >= 15 is 0 Å². The molecule has 0 aliphatic heterocycles. The zero-order valence-corrected chi connectivity index (χ0v) is 14.3. The summed E-state index contributed by atoms with van der Waals surface area (Å²) < 4.78 is 25.7. The Hall–Kier alpha value is -1.11. The fourth-order valence-corrected chi connectivity index (χ4v) is 2.83. The van der Waals surface area contributed by atoms with Crippen LogP contribution in [0.25, 0.3) is 0 Å². The number of halogens is 1. The summed E-state index contributed by atoms with van der Waals surface area (Å²) in [4.78, 5) is 12.0. The summed E-state index contributed by atoms with van der Waals surface area (Å²) in [6, 6.07) is 5.84. The van der Waals surface area contributed by atoms with Gasteiger partial charge in [0.2, 0.25) is 15.9 Å². The van der Waals surface area contributed by atoms with E-state index in [1.807, 2.05) is 20.8 Å². The number of hydrogen-bond acceptors (Lipinski definition) is 3. The van der Waals surface area contributed by atoms with Gasteiger partial charge in [-0.3, -0.25) is 4.79 Å². The first-order valence-corrected chi connectivity index (χ1v) is 8.43. The van der Waals surface area contributed by atoms with Crippen LogP contribution < -0.4 is 5.32 Å². The molecule has 0 atom stereocenters. The molecule has 1 aromatic rings. The van der Waals surface area contributed by atoms with Crippen molar-refractivity contribution < 1.29 is 13.2 Å². The quantitative estimate of drug-likeness (QED) is 0.869. The Kier molecular flexibility index (Phi) is 5.78. The van der Waals surface area contributed by atoms with Gasteiger partial charge in [-0.2, -0.15) is 4.31 Å². The molecule has 118 valence electrons. The van der Waals surface area contributed by atoms with Crippen LogP contribution in [0.3, 0.4) is 0 Å². The molecule has 0 heterocycles. The molecule has 7 heteroatoms. The van der Waals surface area contributed by atoms with E-state index in [4.69, 9.17) is 11.6 Å². The van der Waals surface area contributed by atoms with Gasteiger partial charge >= 0.3 is 0 Å². The van der Waals surface area contributed by atoms with Crippen LogP contribution in [-0.4, -0.2) is 37.8 Å². The maximum Gasteiger partial charge on any atom is 0.243 e. The molecule has 1 rings (SSSR count). The lowest BCUT2D eigenvalue weighted by Gasteiger charge is -2.26. The first-order valence-electron chi connectivity index (χ1n) is 6.61. The second-order valence-electron chi connectivity index (χ2n) is 5.50. The van der Waals surface area contributed by atoms with E-state index in [0.717, 1.165) is 10.7 Å². The number of likely N-dealkylation sites (N-methyl/N-ethyl adjacent to an activating group) is 1. The molecule has 0 fully saturated rings. The summed E-state index contributed by atoms with van der Waals surface area (Å²) in [6.07, 6.45) is 0.756. The molecule has 0 spiro atoms. The molecule has 0 saturated heterocycles. The van der Waals surface area contributed by atoms with Crippen molar-refractivity contribution in [2.75, 3.05) is 13.6 Å². The third-order valence-electron chi connectivity index (χ3n) is 3.25. The predicted octanol–water partition coefficient (Wildman–Crippen LogP) is 2.27. The van der Waals surface area contributed by atoms with Crippen LogP contribution in [0.2, 0.25) is 5.02 Å². The van der Waals surface area contributed by atoms with Gasteiger partial charge in [-0.05, 0) is 44.5 Å². The molecule has 1 aromatic carbocycles. The number of benzene rings is 1. The van der Waals surface area contributed by atoms with Gasteiger partial charge in [0.1, 0.15) is 0 Å². The van der Waals surface area contributed by atoms with Gasteiger partial charge in [0.15, 0.2) is 0 Å². The maximum absolute atomic E-state index is 12.3. The number of amides is 1. The highest BCUT2D eigenvalue weighted by Crippen LogP contribution is 2.17. The van der Waals surface area contributed by atoms with Crippen LogP contribution in [0.4, 0.5) is 0 Å². The predicted molar refractivity (Wildman–Crippen MR) is 83.8 cm³/mol. The first-order chi connectivity index (χ1) is 9.58. The lowest BCUT2D eigenvalue weighted by Crippen LogP contribution is -2.47. The SMILES string of the molecule is CCC(C)(C)NC(=O)CN(C)S(=O)(=O)c1ccc(Cl)cc1. The molecule has 0 unspecified atom stereocenters. The van der Waals surface area contributed by atoms with Crippen molar-refractivity contribution in [3.05, 3.63) is 29.3 Å². The van der Waals surface area contributed by atoms with Crippen molar-refractivity contribution >= 4 is 27.5 Å². The van der Waals surface area contributed by atoms with Gasteiger partial charge in [0.25, 0.3) is 0 Å². The molecule has 0 aliphatic rings. The van der Waals surface area contributed by atoms with Crippen molar-refractivity contribution in [1.82, 2.24) is 9.62 Å². The van der Waals surface area contributed by atoms with E-state index in [0.29, 0.717) is 5.02 Å². The number of nitrogens with one attached hydrogen (secondary N) is 1. The van der Waals surface area contributed by atoms with Gasteiger partial charge in [-0.15, -0.1) is 0 Å². The second kappa shape index (κ2) is 6.77. The zero-order chi connectivity index (χ0) is 16.3. The summed E-state index contributed by atoms with van der Waals surface area (Å²) in [5.41, 5.74) is -0.359. The number of nitrogens with zero attached hydrogens (tertiary/aromatic N) is 1. The second-order valence-corrected chi connectivity index (χ2v) is 7.98. The van der Waals surface area contributed by atoms with Crippen LogP contribution >= 0.6 is 11.6 Å². The lowest BCUT2D eigenvalue weighted by molar-refractivity contribution is -0.122. The number of sulfonamides is 1. The van der Waals surface area contributed by atoms with Crippen LogP contribution in [-0.2, 0) is 14.8 Å². The van der Waals surface area contributed by atoms with Gasteiger partial charge in [-0.1, -0.05) is 18.5 Å². The van der Waals surface area contributed by atoms with Crippen LogP contribution in [0, 0.1) is 0 Å². The average molecular weight is 333 g/mol. The minimum Gasteiger partial charge on any atom is -0.350 e. The fourth-order valence-electron chi connectivity index (χ4n) is 1.58. The van der Waals surface area contributed by atoms with E-state index in [9.17, 15) is 13.2 Å². The molecule has 21 heavy (non-hydrogen) atoms. The van der Waals surface area contributed by atoms with E-state index in [2.05, 4.69) is 5.32 Å². The summed E-state index contributed by atoms with van der Waals surface area (Å²) in [5.74, 6) is -0.332. The fraction of sp³-hybridized carbons (Fsp3) is 0.500. The highest BCUT2D eigenvalue weighted by Gasteiger charge is 2.25. The summed E-state index contributed by atoms with van der Waals surface area (Å²) in [6.45, 7) is 5.50. The summed E-state index contributed by atoms with van der Waals surface area (Å²) >= 11 is 5.74. The Morgan fingerprint density at radius 2 is 1.81 bits per heavy atom. The van der Waals surface area contributed by atoms with Crippen LogP contribution in [0.1, 0.15) is 27.2 Å². The Morgan fingerprint density at radius 1 is 1.29 bits per heavy atom. The molecule has 0 aromatic heterocycles. The smallest absolute Gasteiger partial charge is 0.243 e. The van der Waals surface area contributed by atoms with Crippen molar-refractivity contribution in [3.63, 3.8) is 0 Å². The Bertz CT molecular complexity index is 597. The molecule has 0 saturated carbocycles. The molecule has 1 amide bonds. The van der Waals surface area contributed by atoms with E-state index in [1.165, 1.54) is 31.3 Å². The molecule has 5 nitrogen and oxygen atoms in total. The molecule has 1 N–H and O–H groups in total. The van der Waals surface area contributed by atoms with Crippen LogP contribution in [0.15, 0.2) is 29.2 Å². The maximum atomic E-state index is 12.3. The topological polar surface area (TPSA) is 66.5 Å². The van der Waals surface area contributed by atoms with Crippen molar-refractivity contribution in [3.8, 4) is 0 Å². The lowest BCUT2D eigenvalue weighted by atomic mass is 10.0. The molecular weight excluding hydrogens is 312 g/mol. The highest BCUT2D eigenvalue weighted by molar-refractivity contribution is 7.89. The minimum absolute atomic E-state index is 0.108. The zero-order valence-electron chi connectivity index (χ0n) is 12.7. The van der Waals surface area contributed by atoms with Crippen molar-refractivity contribution in [2.45, 2.75) is 37.6 Å². The van der Waals surface area contributed by atoms with Crippen molar-refractivity contribution in [2.24, 2.45) is 0 Å². The molecule has 0 aliphatic carbocycles. The number of carbonyl (C=O) groups is 1. The molecule has 0 bridgehead atoms. The van der Waals surface area contributed by atoms with Gasteiger partial charge in [-0.25, -0.2) is 8.42 Å². The van der Waals surface area contributed by atoms with E-state index < -0.39 is 10.0 Å². The normalized spacial score (nSPS) is 12.5. The number of hydrogen-bond donors (Lipinski definition) is 1. The average Bonchev–Trinajstić information content (AvgIpc) is 2.38. The van der Waals surface area contributed by atoms with Crippen molar-refractivity contribution in [1.29, 1.82) is 0 Å². The largest absolute Gasteiger partial charge is 0.350 e. The monoisotopic (exact) mass is 332 g/mol. The Balaban J connectivity index is 2.81. The van der Waals surface area contributed by atoms with Crippen LogP contribution in [0.5, 0.6) is 0 Å². The van der Waals surface area contributed by atoms with Gasteiger partial charge < -0.3 is 5.32 Å². The van der Waals surface area contributed by atoms with E-state index in [-0.39, 0.29) is 22.9 Å². The number of carbonyl (C=O) groups excluding carboxylic acids is 1. The minimum atomic E-state index is -3.70. The first kappa shape index (κ1) is 17.9. The van der Waals surface area contributed by atoms with Gasteiger partial charge in [0.05, 0.1) is 11.4 Å². The molecule has 0 radical (unpaired) electrons. The standard InChI is InChI=1S/C14H21ClN2O3S/c1-5-14(2,3)16-13(18)10-17(4)21(19,20)12-8-6-11(15)7-9-12/h6-9H,5,10H2,1-4H3,(H,16,18). The van der Waals surface area contributed by atoms with E-state index in [1.54, 1.807) is 0 Å². The third-order valence-corrected chi connectivity index (χ3v) is 5.32. The Labute approximate surface area is 131 Å². The Morgan fingerprint density at radius 3 is 2.29 bits per heavy atom. The summed E-state index contributed by atoms with van der Waals surface area (Å²) in [5, 5.41) is 3.26. The molecular formula is C14H21ClN2O3S. The third kappa shape index (κ3) is 4.98. The highest BCUT2D eigenvalue weighted by atomic mass is 35.5.